The number of halogens is 3. The molecule has 8 heteroatoms. The first kappa shape index (κ1) is 21.2. The van der Waals surface area contributed by atoms with Gasteiger partial charge in [-0.2, -0.15) is 18.3 Å². The standard InChI is InChI=1S/C24H18F3N3O2/c1-32-22-13-17-7-3-2-6-16(17)12-21(22)23(31)29-28-15-20-10-5-11-30(20)19-9-4-8-18(14-19)24(25,26)27/h2-15H,1H3,(H,29,31)/b28-15-. The fourth-order valence-electron chi connectivity index (χ4n) is 3.35. The van der Waals surface area contributed by atoms with Gasteiger partial charge in [0, 0.05) is 11.9 Å². The number of alkyl halides is 3. The lowest BCUT2D eigenvalue weighted by Crippen LogP contribution is -2.18. The maximum atomic E-state index is 13.0. The van der Waals surface area contributed by atoms with Crippen LogP contribution in [0.1, 0.15) is 21.6 Å². The quantitative estimate of drug-likeness (QED) is 0.335. The zero-order valence-corrected chi connectivity index (χ0v) is 16.9. The minimum absolute atomic E-state index is 0.316. The zero-order valence-electron chi connectivity index (χ0n) is 16.9. The van der Waals surface area contributed by atoms with Gasteiger partial charge in [0.1, 0.15) is 5.75 Å². The second-order valence-corrected chi connectivity index (χ2v) is 6.95. The van der Waals surface area contributed by atoms with E-state index in [9.17, 15) is 18.0 Å². The Labute approximate surface area is 181 Å². The van der Waals surface area contributed by atoms with E-state index in [1.165, 1.54) is 19.4 Å². The molecule has 1 heterocycles. The smallest absolute Gasteiger partial charge is 0.416 e. The van der Waals surface area contributed by atoms with Crippen LogP contribution in [-0.4, -0.2) is 23.8 Å². The van der Waals surface area contributed by atoms with Gasteiger partial charge in [-0.25, -0.2) is 5.43 Å². The molecule has 0 aliphatic rings. The fraction of sp³-hybridized carbons (Fsp3) is 0.0833. The minimum Gasteiger partial charge on any atom is -0.496 e. The van der Waals surface area contributed by atoms with Gasteiger partial charge in [-0.1, -0.05) is 30.3 Å². The van der Waals surface area contributed by atoms with Crippen LogP contribution in [0, 0.1) is 0 Å². The molecule has 4 rings (SSSR count). The van der Waals surface area contributed by atoms with E-state index in [0.29, 0.717) is 22.7 Å². The van der Waals surface area contributed by atoms with Gasteiger partial charge in [-0.05, 0) is 53.2 Å². The molecule has 0 unspecified atom stereocenters. The van der Waals surface area contributed by atoms with E-state index in [4.69, 9.17) is 4.74 Å². The molecule has 0 radical (unpaired) electrons. The Hall–Kier alpha value is -4.07. The lowest BCUT2D eigenvalue weighted by Gasteiger charge is -2.11. The van der Waals surface area contributed by atoms with Crippen molar-refractivity contribution in [3.05, 3.63) is 95.8 Å². The number of amides is 1. The molecule has 1 aromatic heterocycles. The van der Waals surface area contributed by atoms with E-state index >= 15 is 0 Å². The SMILES string of the molecule is COc1cc2ccccc2cc1C(=O)N/N=C\c1cccn1-c1cccc(C(F)(F)F)c1. The van der Waals surface area contributed by atoms with Crippen LogP contribution >= 0.6 is 0 Å². The maximum Gasteiger partial charge on any atom is 0.416 e. The predicted octanol–water partition coefficient (Wildman–Crippen LogP) is 5.42. The molecule has 0 fully saturated rings. The largest absolute Gasteiger partial charge is 0.496 e. The number of benzene rings is 3. The summed E-state index contributed by atoms with van der Waals surface area (Å²) in [5.74, 6) is -0.0650. The molecule has 32 heavy (non-hydrogen) atoms. The van der Waals surface area contributed by atoms with E-state index < -0.39 is 17.6 Å². The van der Waals surface area contributed by atoms with Gasteiger partial charge in [-0.3, -0.25) is 4.79 Å². The van der Waals surface area contributed by atoms with Gasteiger partial charge >= 0.3 is 6.18 Å². The molecule has 3 aromatic carbocycles. The number of hydrogen-bond acceptors (Lipinski definition) is 3. The molecule has 0 atom stereocenters. The number of carbonyl (C=O) groups excluding carboxylic acids is 1. The number of hydrogen-bond donors (Lipinski definition) is 1. The summed E-state index contributed by atoms with van der Waals surface area (Å²) in [6, 6.07) is 19.4. The minimum atomic E-state index is -4.44. The van der Waals surface area contributed by atoms with Gasteiger partial charge < -0.3 is 9.30 Å². The van der Waals surface area contributed by atoms with Crippen LogP contribution in [0.4, 0.5) is 13.2 Å². The Morgan fingerprint density at radius 3 is 2.47 bits per heavy atom. The van der Waals surface area contributed by atoms with Crippen LogP contribution in [-0.2, 0) is 6.18 Å². The Balaban J connectivity index is 1.56. The van der Waals surface area contributed by atoms with Crippen LogP contribution in [0.2, 0.25) is 0 Å². The van der Waals surface area contributed by atoms with Crippen LogP contribution in [0.25, 0.3) is 16.5 Å². The Kier molecular flexibility index (Phi) is 5.68. The normalized spacial score (nSPS) is 11.8. The first-order valence-corrected chi connectivity index (χ1v) is 9.62. The molecule has 4 aromatic rings. The van der Waals surface area contributed by atoms with Crippen molar-refractivity contribution >= 4 is 22.9 Å². The van der Waals surface area contributed by atoms with E-state index in [0.717, 1.165) is 22.9 Å². The molecule has 5 nitrogen and oxygen atoms in total. The molecule has 0 saturated carbocycles. The summed E-state index contributed by atoms with van der Waals surface area (Å²) < 4.78 is 46.0. The summed E-state index contributed by atoms with van der Waals surface area (Å²) in [4.78, 5) is 12.7. The number of nitrogens with zero attached hydrogens (tertiary/aromatic N) is 2. The summed E-state index contributed by atoms with van der Waals surface area (Å²) in [5, 5.41) is 5.79. The summed E-state index contributed by atoms with van der Waals surface area (Å²) in [6.07, 6.45) is -1.46. The number of rotatable bonds is 5. The van der Waals surface area contributed by atoms with Gasteiger partial charge in [0.15, 0.2) is 0 Å². The number of nitrogens with one attached hydrogen (secondary N) is 1. The van der Waals surface area contributed by atoms with Gasteiger partial charge in [0.2, 0.25) is 0 Å². The highest BCUT2D eigenvalue weighted by Gasteiger charge is 2.30. The molecular weight excluding hydrogens is 419 g/mol. The van der Waals surface area contributed by atoms with Gasteiger partial charge in [0.05, 0.1) is 30.1 Å². The maximum absolute atomic E-state index is 13.0. The van der Waals surface area contributed by atoms with Crippen LogP contribution in [0.5, 0.6) is 5.75 Å². The van der Waals surface area contributed by atoms with Crippen molar-refractivity contribution in [2.45, 2.75) is 6.18 Å². The molecule has 1 N–H and O–H groups in total. The van der Waals surface area contributed by atoms with Crippen molar-refractivity contribution < 1.29 is 22.7 Å². The lowest BCUT2D eigenvalue weighted by atomic mass is 10.1. The van der Waals surface area contributed by atoms with Gasteiger partial charge in [0.25, 0.3) is 5.91 Å². The highest BCUT2D eigenvalue weighted by Crippen LogP contribution is 2.30. The molecular formula is C24H18F3N3O2. The monoisotopic (exact) mass is 437 g/mol. The third-order valence-electron chi connectivity index (χ3n) is 4.91. The molecule has 0 spiro atoms. The van der Waals surface area contributed by atoms with Crippen molar-refractivity contribution in [1.29, 1.82) is 0 Å². The lowest BCUT2D eigenvalue weighted by molar-refractivity contribution is -0.137. The van der Waals surface area contributed by atoms with Crippen LogP contribution in [0.3, 0.4) is 0 Å². The summed E-state index contributed by atoms with van der Waals surface area (Å²) >= 11 is 0. The van der Waals surface area contributed by atoms with E-state index in [1.807, 2.05) is 24.3 Å². The molecule has 1 amide bonds. The predicted molar refractivity (Wildman–Crippen MR) is 116 cm³/mol. The van der Waals surface area contributed by atoms with Crippen molar-refractivity contribution in [2.75, 3.05) is 7.11 Å². The molecule has 0 bridgehead atoms. The number of carbonyl (C=O) groups is 1. The number of aromatic nitrogens is 1. The molecule has 0 aliphatic heterocycles. The topological polar surface area (TPSA) is 55.6 Å². The third kappa shape index (κ3) is 4.34. The van der Waals surface area contributed by atoms with E-state index in [1.54, 1.807) is 41.1 Å². The average molecular weight is 437 g/mol. The van der Waals surface area contributed by atoms with Crippen LogP contribution < -0.4 is 10.2 Å². The van der Waals surface area contributed by atoms with E-state index in [2.05, 4.69) is 10.5 Å². The highest BCUT2D eigenvalue weighted by molar-refractivity contribution is 6.01. The number of fused-ring (bicyclic) bond motifs is 1. The van der Waals surface area contributed by atoms with Crippen molar-refractivity contribution in [1.82, 2.24) is 9.99 Å². The fourth-order valence-corrected chi connectivity index (χ4v) is 3.35. The number of ether oxygens (including phenoxy) is 1. The van der Waals surface area contributed by atoms with Crippen molar-refractivity contribution in [3.8, 4) is 11.4 Å². The first-order chi connectivity index (χ1) is 15.4. The third-order valence-corrected chi connectivity index (χ3v) is 4.91. The Bertz CT molecular complexity index is 1310. The summed E-state index contributed by atoms with van der Waals surface area (Å²) in [6.45, 7) is 0. The number of methoxy groups -OCH3 is 1. The Morgan fingerprint density at radius 1 is 1.00 bits per heavy atom. The first-order valence-electron chi connectivity index (χ1n) is 9.62. The zero-order chi connectivity index (χ0) is 22.7. The van der Waals surface area contributed by atoms with Crippen molar-refractivity contribution in [3.63, 3.8) is 0 Å². The second kappa shape index (κ2) is 8.58. The summed E-state index contributed by atoms with van der Waals surface area (Å²) in [7, 11) is 1.48. The molecule has 0 saturated heterocycles. The van der Waals surface area contributed by atoms with Crippen LogP contribution in [0.15, 0.2) is 84.1 Å². The molecule has 0 aliphatic carbocycles. The van der Waals surface area contributed by atoms with Crippen molar-refractivity contribution in [2.24, 2.45) is 5.10 Å². The summed E-state index contributed by atoms with van der Waals surface area (Å²) in [5.41, 5.74) is 2.84. The second-order valence-electron chi connectivity index (χ2n) is 6.95. The average Bonchev–Trinajstić information content (AvgIpc) is 3.26. The number of hydrazone groups is 1. The van der Waals surface area contributed by atoms with E-state index in [-0.39, 0.29) is 0 Å². The molecule has 162 valence electrons. The van der Waals surface area contributed by atoms with Gasteiger partial charge in [-0.15, -0.1) is 0 Å². The Morgan fingerprint density at radius 2 is 1.75 bits per heavy atom. The highest BCUT2D eigenvalue weighted by atomic mass is 19.4.